The molecule has 1 N–H and O–H groups in total. The fourth-order valence-electron chi connectivity index (χ4n) is 2.19. The van der Waals surface area contributed by atoms with E-state index in [4.69, 9.17) is 0 Å². The first kappa shape index (κ1) is 19.9. The van der Waals surface area contributed by atoms with E-state index in [0.717, 1.165) is 29.9 Å². The largest absolute Gasteiger partial charge is 0.356 e. The molecule has 0 bridgehead atoms. The van der Waals surface area contributed by atoms with Crippen molar-refractivity contribution < 1.29 is 0 Å². The molecular weight excluding hydrogens is 467 g/mol. The molecule has 0 unspecified atom stereocenters. The average Bonchev–Trinajstić information content (AvgIpc) is 2.54. The van der Waals surface area contributed by atoms with E-state index in [0.29, 0.717) is 0 Å². The Morgan fingerprint density at radius 1 is 1.22 bits per heavy atom. The van der Waals surface area contributed by atoms with Crippen LogP contribution in [0.5, 0.6) is 0 Å². The van der Waals surface area contributed by atoms with Gasteiger partial charge in [0.15, 0.2) is 5.96 Å². The second-order valence-electron chi connectivity index (χ2n) is 5.07. The van der Waals surface area contributed by atoms with Gasteiger partial charge in [-0.1, -0.05) is 34.1 Å². The molecule has 0 aliphatic rings. The normalized spacial score (nSPS) is 10.8. The SMILES string of the molecule is CN=C(NCCc1cccnc1)N(C)Cc1ccc(Br)cc1.I. The van der Waals surface area contributed by atoms with Crippen LogP contribution < -0.4 is 5.32 Å². The molecule has 0 aliphatic heterocycles. The summed E-state index contributed by atoms with van der Waals surface area (Å²) in [4.78, 5) is 10.6. The molecule has 0 atom stereocenters. The van der Waals surface area contributed by atoms with Gasteiger partial charge in [-0.25, -0.2) is 0 Å². The Morgan fingerprint density at radius 2 is 1.96 bits per heavy atom. The molecule has 0 amide bonds. The van der Waals surface area contributed by atoms with Crippen molar-refractivity contribution in [2.24, 2.45) is 4.99 Å². The maximum absolute atomic E-state index is 4.34. The molecule has 1 aromatic carbocycles. The van der Waals surface area contributed by atoms with Gasteiger partial charge in [0.25, 0.3) is 0 Å². The molecule has 124 valence electrons. The Morgan fingerprint density at radius 3 is 2.57 bits per heavy atom. The standard InChI is InChI=1S/C17H21BrN4.HI/c1-19-17(21-11-9-14-4-3-10-20-12-14)22(2)13-15-5-7-16(18)8-6-15;/h3-8,10,12H,9,11,13H2,1-2H3,(H,19,21);1H. The highest BCUT2D eigenvalue weighted by Gasteiger charge is 2.06. The lowest BCUT2D eigenvalue weighted by Gasteiger charge is -2.22. The Labute approximate surface area is 163 Å². The quantitative estimate of drug-likeness (QED) is 0.396. The van der Waals surface area contributed by atoms with Gasteiger partial charge in [-0.05, 0) is 35.7 Å². The van der Waals surface area contributed by atoms with E-state index in [1.165, 1.54) is 11.1 Å². The van der Waals surface area contributed by atoms with Gasteiger partial charge in [0.1, 0.15) is 0 Å². The fraction of sp³-hybridized carbons (Fsp3) is 0.294. The number of hydrogen-bond donors (Lipinski definition) is 1. The first-order valence-electron chi connectivity index (χ1n) is 7.24. The predicted molar refractivity (Wildman–Crippen MR) is 110 cm³/mol. The highest BCUT2D eigenvalue weighted by Crippen LogP contribution is 2.11. The van der Waals surface area contributed by atoms with E-state index in [2.05, 4.69) is 66.5 Å². The maximum Gasteiger partial charge on any atom is 0.193 e. The van der Waals surface area contributed by atoms with Crippen LogP contribution in [0.25, 0.3) is 0 Å². The minimum Gasteiger partial charge on any atom is -0.356 e. The van der Waals surface area contributed by atoms with E-state index >= 15 is 0 Å². The van der Waals surface area contributed by atoms with Crippen molar-refractivity contribution in [2.75, 3.05) is 20.6 Å². The van der Waals surface area contributed by atoms with Crippen LogP contribution >= 0.6 is 39.9 Å². The number of aliphatic imine (C=N–C) groups is 1. The molecule has 0 fully saturated rings. The van der Waals surface area contributed by atoms with Crippen molar-refractivity contribution in [3.05, 3.63) is 64.4 Å². The summed E-state index contributed by atoms with van der Waals surface area (Å²) in [6, 6.07) is 12.4. The Balaban J connectivity index is 0.00000264. The summed E-state index contributed by atoms with van der Waals surface area (Å²) in [5.74, 6) is 0.895. The molecule has 4 nitrogen and oxygen atoms in total. The number of nitrogens with zero attached hydrogens (tertiary/aromatic N) is 3. The van der Waals surface area contributed by atoms with Crippen LogP contribution in [0.4, 0.5) is 0 Å². The molecule has 0 saturated heterocycles. The third-order valence-electron chi connectivity index (χ3n) is 3.33. The summed E-state index contributed by atoms with van der Waals surface area (Å²) in [6.45, 7) is 1.66. The molecule has 2 aromatic rings. The molecule has 1 heterocycles. The van der Waals surface area contributed by atoms with Crippen LogP contribution in [0.1, 0.15) is 11.1 Å². The van der Waals surface area contributed by atoms with Gasteiger partial charge >= 0.3 is 0 Å². The lowest BCUT2D eigenvalue weighted by atomic mass is 10.2. The van der Waals surface area contributed by atoms with Crippen molar-refractivity contribution in [3.8, 4) is 0 Å². The maximum atomic E-state index is 4.34. The van der Waals surface area contributed by atoms with Crippen molar-refractivity contribution in [1.82, 2.24) is 15.2 Å². The number of aromatic nitrogens is 1. The van der Waals surface area contributed by atoms with Gasteiger partial charge in [-0.2, -0.15) is 0 Å². The number of pyridine rings is 1. The van der Waals surface area contributed by atoms with Gasteiger partial charge in [-0.15, -0.1) is 24.0 Å². The van der Waals surface area contributed by atoms with Gasteiger partial charge in [0.05, 0.1) is 0 Å². The summed E-state index contributed by atoms with van der Waals surface area (Å²) >= 11 is 3.46. The number of halogens is 2. The topological polar surface area (TPSA) is 40.5 Å². The highest BCUT2D eigenvalue weighted by molar-refractivity contribution is 14.0. The predicted octanol–water partition coefficient (Wildman–Crippen LogP) is 3.71. The third kappa shape index (κ3) is 6.87. The van der Waals surface area contributed by atoms with Gasteiger partial charge in [0, 0.05) is 44.1 Å². The van der Waals surface area contributed by atoms with E-state index in [-0.39, 0.29) is 24.0 Å². The monoisotopic (exact) mass is 488 g/mol. The molecule has 23 heavy (non-hydrogen) atoms. The highest BCUT2D eigenvalue weighted by atomic mass is 127. The second kappa shape index (κ2) is 10.6. The van der Waals surface area contributed by atoms with Crippen molar-refractivity contribution in [3.63, 3.8) is 0 Å². The van der Waals surface area contributed by atoms with Crippen LogP contribution in [0.3, 0.4) is 0 Å². The van der Waals surface area contributed by atoms with Crippen LogP contribution in [0.2, 0.25) is 0 Å². The molecular formula is C17H22BrIN4. The number of rotatable bonds is 5. The molecule has 6 heteroatoms. The Hall–Kier alpha value is -1.15. The smallest absolute Gasteiger partial charge is 0.193 e. The fourth-order valence-corrected chi connectivity index (χ4v) is 2.45. The first-order valence-corrected chi connectivity index (χ1v) is 8.03. The van der Waals surface area contributed by atoms with Crippen molar-refractivity contribution in [1.29, 1.82) is 0 Å². The van der Waals surface area contributed by atoms with Gasteiger partial charge < -0.3 is 10.2 Å². The van der Waals surface area contributed by atoms with E-state index in [1.807, 2.05) is 26.4 Å². The molecule has 1 aromatic heterocycles. The summed E-state index contributed by atoms with van der Waals surface area (Å²) in [7, 11) is 3.85. The average molecular weight is 489 g/mol. The first-order chi connectivity index (χ1) is 10.7. The third-order valence-corrected chi connectivity index (χ3v) is 3.85. The Kier molecular flexibility index (Phi) is 9.16. The van der Waals surface area contributed by atoms with Gasteiger partial charge in [-0.3, -0.25) is 9.98 Å². The van der Waals surface area contributed by atoms with Crippen LogP contribution in [0.15, 0.2) is 58.3 Å². The molecule has 0 radical (unpaired) electrons. The van der Waals surface area contributed by atoms with E-state index < -0.39 is 0 Å². The van der Waals surface area contributed by atoms with Crippen molar-refractivity contribution in [2.45, 2.75) is 13.0 Å². The minimum atomic E-state index is 0. The molecule has 0 aliphatic carbocycles. The Bertz CT molecular complexity index is 602. The van der Waals surface area contributed by atoms with Crippen molar-refractivity contribution >= 4 is 45.9 Å². The summed E-state index contributed by atoms with van der Waals surface area (Å²) in [5.41, 5.74) is 2.47. The zero-order valence-electron chi connectivity index (χ0n) is 13.4. The zero-order chi connectivity index (χ0) is 15.8. The van der Waals surface area contributed by atoms with Crippen LogP contribution in [-0.4, -0.2) is 36.5 Å². The van der Waals surface area contributed by atoms with Gasteiger partial charge in [0.2, 0.25) is 0 Å². The number of hydrogen-bond acceptors (Lipinski definition) is 2. The summed E-state index contributed by atoms with van der Waals surface area (Å²) in [5, 5.41) is 3.39. The van der Waals surface area contributed by atoms with Crippen LogP contribution in [-0.2, 0) is 13.0 Å². The van der Waals surface area contributed by atoms with E-state index in [1.54, 1.807) is 6.20 Å². The number of nitrogens with one attached hydrogen (secondary N) is 1. The minimum absolute atomic E-state index is 0. The zero-order valence-corrected chi connectivity index (χ0v) is 17.3. The molecule has 0 saturated carbocycles. The number of benzene rings is 1. The second-order valence-corrected chi connectivity index (χ2v) is 5.98. The van der Waals surface area contributed by atoms with E-state index in [9.17, 15) is 0 Å². The molecule has 0 spiro atoms. The lowest BCUT2D eigenvalue weighted by molar-refractivity contribution is 0.477. The summed E-state index contributed by atoms with van der Waals surface area (Å²) in [6.07, 6.45) is 4.62. The number of guanidine groups is 1. The summed E-state index contributed by atoms with van der Waals surface area (Å²) < 4.78 is 1.10. The lowest BCUT2D eigenvalue weighted by Crippen LogP contribution is -2.39. The molecule has 2 rings (SSSR count). The van der Waals surface area contributed by atoms with Crippen LogP contribution in [0, 0.1) is 0 Å².